The van der Waals surface area contributed by atoms with Crippen molar-refractivity contribution in [2.24, 2.45) is 5.92 Å². The van der Waals surface area contributed by atoms with Crippen LogP contribution in [0.4, 0.5) is 5.82 Å². The third kappa shape index (κ3) is 2.77. The normalized spacial score (nSPS) is 29.2. The molecule has 0 saturated carbocycles. The van der Waals surface area contributed by atoms with E-state index in [1.165, 1.54) is 10.8 Å². The van der Waals surface area contributed by atoms with Crippen LogP contribution in [0.1, 0.15) is 38.4 Å². The molecule has 2 aromatic heterocycles. The molecule has 29 heavy (non-hydrogen) atoms. The number of ether oxygens (including phenoxy) is 2. The number of anilines is 1. The van der Waals surface area contributed by atoms with E-state index in [-0.39, 0.29) is 17.8 Å². The zero-order valence-electron chi connectivity index (χ0n) is 16.7. The van der Waals surface area contributed by atoms with E-state index in [1.54, 1.807) is 6.20 Å². The molecule has 1 aromatic carbocycles. The van der Waals surface area contributed by atoms with E-state index in [9.17, 15) is 5.26 Å². The maximum atomic E-state index is 10.4. The molecule has 3 heterocycles. The molecule has 0 bridgehead atoms. The van der Waals surface area contributed by atoms with E-state index >= 15 is 0 Å². The summed E-state index contributed by atoms with van der Waals surface area (Å²) in [5, 5.41) is 14.7. The number of nitriles is 1. The van der Waals surface area contributed by atoms with E-state index < -0.39 is 11.2 Å². The Kier molecular flexibility index (Phi) is 4.73. The monoisotopic (exact) mass is 392 g/mol. The van der Waals surface area contributed by atoms with Crippen molar-refractivity contribution in [3.8, 4) is 6.07 Å². The van der Waals surface area contributed by atoms with Gasteiger partial charge in [0.1, 0.15) is 23.7 Å². The highest BCUT2D eigenvalue weighted by Crippen LogP contribution is 2.53. The van der Waals surface area contributed by atoms with Gasteiger partial charge in [0.15, 0.2) is 11.5 Å². The summed E-state index contributed by atoms with van der Waals surface area (Å²) >= 11 is 0. The highest BCUT2D eigenvalue weighted by Gasteiger charge is 2.65. The fraction of sp³-hybridized carbons (Fsp3) is 0.429. The van der Waals surface area contributed by atoms with Crippen molar-refractivity contribution in [3.05, 3.63) is 54.1 Å². The Balaban J connectivity index is 1.84. The molecule has 1 saturated heterocycles. The molecule has 4 rings (SSSR count). The summed E-state index contributed by atoms with van der Waals surface area (Å²) in [4.78, 5) is 8.32. The van der Waals surface area contributed by atoms with Gasteiger partial charge in [-0.1, -0.05) is 44.2 Å². The van der Waals surface area contributed by atoms with E-state index in [2.05, 4.69) is 28.1 Å². The molecule has 0 radical (unpaired) electrons. The Morgan fingerprint density at radius 3 is 2.76 bits per heavy atom. The molecule has 1 fully saturated rings. The molecule has 4 atom stereocenters. The highest BCUT2D eigenvalue weighted by atomic mass is 16.6. The molecular formula is C21H24N6O2. The lowest BCUT2D eigenvalue weighted by Gasteiger charge is -2.38. The second kappa shape index (κ2) is 7.10. The van der Waals surface area contributed by atoms with Gasteiger partial charge < -0.3 is 15.2 Å². The van der Waals surface area contributed by atoms with Crippen LogP contribution >= 0.6 is 0 Å². The van der Waals surface area contributed by atoms with Crippen LogP contribution in [-0.2, 0) is 21.7 Å². The predicted molar refractivity (Wildman–Crippen MR) is 106 cm³/mol. The van der Waals surface area contributed by atoms with Crippen molar-refractivity contribution in [2.45, 2.75) is 51.1 Å². The molecule has 0 amide bonds. The third-order valence-corrected chi connectivity index (χ3v) is 6.09. The van der Waals surface area contributed by atoms with Crippen LogP contribution in [0.25, 0.3) is 5.65 Å². The average molecular weight is 392 g/mol. The molecule has 0 unspecified atom stereocenters. The number of hydrogen-bond acceptors (Lipinski definition) is 7. The van der Waals surface area contributed by atoms with Gasteiger partial charge in [-0.05, 0) is 18.9 Å². The maximum Gasteiger partial charge on any atom is 0.227 e. The number of imidazole rings is 1. The minimum absolute atomic E-state index is 0.0411. The molecule has 2 N–H and O–H groups in total. The predicted octanol–water partition coefficient (Wildman–Crippen LogP) is 2.85. The van der Waals surface area contributed by atoms with Gasteiger partial charge in [-0.25, -0.2) is 14.5 Å². The molecular weight excluding hydrogens is 368 g/mol. The first kappa shape index (κ1) is 19.3. The minimum atomic E-state index is -1.40. The van der Waals surface area contributed by atoms with Crippen molar-refractivity contribution in [3.63, 3.8) is 0 Å². The number of aromatic nitrogens is 4. The lowest BCUT2D eigenvalue weighted by Crippen LogP contribution is -2.51. The second-order valence-electron chi connectivity index (χ2n) is 7.55. The second-order valence-corrected chi connectivity index (χ2v) is 7.55. The number of fused-ring (bicyclic) bond motifs is 1. The van der Waals surface area contributed by atoms with Crippen LogP contribution in [0.2, 0.25) is 0 Å². The number of nitrogens with zero attached hydrogens (tertiary/aromatic N) is 5. The van der Waals surface area contributed by atoms with E-state index in [4.69, 9.17) is 15.2 Å². The van der Waals surface area contributed by atoms with E-state index in [0.29, 0.717) is 17.9 Å². The molecule has 8 nitrogen and oxygen atoms in total. The van der Waals surface area contributed by atoms with Crippen LogP contribution in [0, 0.1) is 17.2 Å². The summed E-state index contributed by atoms with van der Waals surface area (Å²) in [6.07, 6.45) is 3.53. The molecule has 8 heteroatoms. The first-order chi connectivity index (χ1) is 14.0. The smallest absolute Gasteiger partial charge is 0.227 e. The number of rotatable bonds is 5. The summed E-state index contributed by atoms with van der Waals surface area (Å²) < 4.78 is 14.4. The van der Waals surface area contributed by atoms with Crippen molar-refractivity contribution >= 4 is 11.5 Å². The molecule has 1 aliphatic heterocycles. The third-order valence-electron chi connectivity index (χ3n) is 6.09. The van der Waals surface area contributed by atoms with Crippen LogP contribution in [0.5, 0.6) is 0 Å². The van der Waals surface area contributed by atoms with Crippen molar-refractivity contribution < 1.29 is 9.47 Å². The van der Waals surface area contributed by atoms with Gasteiger partial charge >= 0.3 is 0 Å². The Morgan fingerprint density at radius 2 is 2.07 bits per heavy atom. The molecule has 0 aliphatic carbocycles. The van der Waals surface area contributed by atoms with Crippen LogP contribution in [0.3, 0.4) is 0 Å². The summed E-state index contributed by atoms with van der Waals surface area (Å²) in [5.74, 6) is 0.199. The van der Waals surface area contributed by atoms with Gasteiger partial charge in [0.25, 0.3) is 0 Å². The van der Waals surface area contributed by atoms with Crippen LogP contribution in [-0.4, -0.2) is 31.3 Å². The van der Waals surface area contributed by atoms with E-state index in [0.717, 1.165) is 12.0 Å². The molecule has 0 spiro atoms. The molecule has 150 valence electrons. The largest absolute Gasteiger partial charge is 0.381 e. The van der Waals surface area contributed by atoms with Gasteiger partial charge in [-0.3, -0.25) is 0 Å². The number of nitrogen functional groups attached to an aromatic ring is 1. The van der Waals surface area contributed by atoms with Crippen molar-refractivity contribution in [1.29, 1.82) is 5.26 Å². The summed E-state index contributed by atoms with van der Waals surface area (Å²) in [5.41, 5.74) is 5.51. The fourth-order valence-electron chi connectivity index (χ4n) is 4.18. The van der Waals surface area contributed by atoms with Gasteiger partial charge in [0, 0.05) is 5.92 Å². The number of benzene rings is 1. The quantitative estimate of drug-likeness (QED) is 0.710. The van der Waals surface area contributed by atoms with Crippen molar-refractivity contribution in [2.75, 3.05) is 5.73 Å². The summed E-state index contributed by atoms with van der Waals surface area (Å²) in [6.45, 7) is 6.40. The van der Waals surface area contributed by atoms with Crippen LogP contribution in [0.15, 0.2) is 42.9 Å². The molecule has 3 aromatic rings. The van der Waals surface area contributed by atoms with Gasteiger partial charge in [0.2, 0.25) is 5.60 Å². The average Bonchev–Trinajstić information content (AvgIpc) is 3.27. The lowest BCUT2D eigenvalue weighted by atomic mass is 9.75. The Bertz CT molecular complexity index is 1060. The number of hydrogen-bond donors (Lipinski definition) is 1. The molecule has 1 aliphatic rings. The van der Waals surface area contributed by atoms with Gasteiger partial charge in [-0.15, -0.1) is 0 Å². The van der Waals surface area contributed by atoms with Gasteiger partial charge in [-0.2, -0.15) is 10.4 Å². The first-order valence-corrected chi connectivity index (χ1v) is 9.68. The van der Waals surface area contributed by atoms with Gasteiger partial charge in [0.05, 0.1) is 18.9 Å². The van der Waals surface area contributed by atoms with Crippen LogP contribution < -0.4 is 5.73 Å². The minimum Gasteiger partial charge on any atom is -0.381 e. The summed E-state index contributed by atoms with van der Waals surface area (Å²) in [6, 6.07) is 12.3. The highest BCUT2D eigenvalue weighted by molar-refractivity contribution is 5.59. The Hall–Kier alpha value is -3.02. The Labute approximate surface area is 169 Å². The Morgan fingerprint density at radius 1 is 1.31 bits per heavy atom. The zero-order chi connectivity index (χ0) is 20.6. The fourth-order valence-corrected chi connectivity index (χ4v) is 4.18. The number of nitrogens with two attached hydrogens (primary N) is 1. The summed E-state index contributed by atoms with van der Waals surface area (Å²) in [7, 11) is 0. The zero-order valence-corrected chi connectivity index (χ0v) is 16.7. The van der Waals surface area contributed by atoms with E-state index in [1.807, 2.05) is 44.2 Å². The topological polar surface area (TPSA) is 111 Å². The standard InChI is InChI=1S/C21H24N6O2/c1-4-16-14(2)20(3,28-11-15-8-6-5-7-9-15)21(12-22,29-16)17-10-24-19-18(23)25-13-26-27(17)19/h5-10,13-14,16H,4,11H2,1-3H3,(H2,23,25,26)/t14-,16-,20-,21+/m1/s1. The maximum absolute atomic E-state index is 10.4. The first-order valence-electron chi connectivity index (χ1n) is 9.68. The SMILES string of the molecule is CC[C@H]1O[C@@](C#N)(c2cnc3c(N)ncnn23)[C@](C)(OCc2ccccc2)[C@@H]1C. The van der Waals surface area contributed by atoms with Crippen molar-refractivity contribution in [1.82, 2.24) is 19.6 Å². The lowest BCUT2D eigenvalue weighted by molar-refractivity contribution is -0.144.